The van der Waals surface area contributed by atoms with Crippen molar-refractivity contribution in [1.29, 1.82) is 0 Å². The molecule has 0 spiro atoms. The Morgan fingerprint density at radius 2 is 1.88 bits per heavy atom. The van der Waals surface area contributed by atoms with Gasteiger partial charge in [-0.1, -0.05) is 0 Å². The molecule has 0 unspecified atom stereocenters. The van der Waals surface area contributed by atoms with Crippen LogP contribution < -0.4 is 14.4 Å². The topological polar surface area (TPSA) is 58.6 Å². The summed E-state index contributed by atoms with van der Waals surface area (Å²) in [5.74, 6) is 0.777. The minimum Gasteiger partial charge on any atom is -0.493 e. The third-order valence-corrected chi connectivity index (χ3v) is 5.92. The number of ether oxygens (including phenoxy) is 1. The fourth-order valence-electron chi connectivity index (χ4n) is 3.08. The molecule has 5 nitrogen and oxygen atoms in total. The molecule has 0 aliphatic carbocycles. The van der Waals surface area contributed by atoms with Gasteiger partial charge >= 0.3 is 0 Å². The van der Waals surface area contributed by atoms with Crippen molar-refractivity contribution in [2.45, 2.75) is 32.1 Å². The number of benzene rings is 2. The minimum atomic E-state index is -3.62. The normalized spacial score (nSPS) is 13.2. The number of anilines is 2. The molecular weight excluding hydrogens is 336 g/mol. The van der Waals surface area contributed by atoms with Gasteiger partial charge in [-0.15, -0.1) is 0 Å². The summed E-state index contributed by atoms with van der Waals surface area (Å²) in [5.41, 5.74) is 3.54. The first-order valence-corrected chi connectivity index (χ1v) is 10.1. The maximum atomic E-state index is 12.7. The maximum absolute atomic E-state index is 12.7. The molecule has 0 amide bonds. The van der Waals surface area contributed by atoms with E-state index < -0.39 is 10.0 Å². The number of rotatable bonds is 6. The third kappa shape index (κ3) is 3.58. The third-order valence-electron chi connectivity index (χ3n) is 4.55. The minimum absolute atomic E-state index is 0.268. The Bertz CT molecular complexity index is 874. The van der Waals surface area contributed by atoms with Gasteiger partial charge in [0.25, 0.3) is 10.0 Å². The van der Waals surface area contributed by atoms with Gasteiger partial charge in [-0.3, -0.25) is 4.72 Å². The number of sulfonamides is 1. The van der Waals surface area contributed by atoms with E-state index in [-0.39, 0.29) is 4.90 Å². The van der Waals surface area contributed by atoms with Crippen LogP contribution in [0.3, 0.4) is 0 Å². The molecule has 1 aliphatic heterocycles. The Labute approximate surface area is 149 Å². The lowest BCUT2D eigenvalue weighted by Gasteiger charge is -2.22. The Morgan fingerprint density at radius 1 is 1.12 bits per heavy atom. The average molecular weight is 360 g/mol. The van der Waals surface area contributed by atoms with Gasteiger partial charge in [0.15, 0.2) is 0 Å². The van der Waals surface area contributed by atoms with Crippen LogP contribution in [-0.2, 0) is 16.4 Å². The summed E-state index contributed by atoms with van der Waals surface area (Å²) >= 11 is 0. The molecule has 0 aromatic heterocycles. The van der Waals surface area contributed by atoms with Crippen molar-refractivity contribution in [2.24, 2.45) is 0 Å². The van der Waals surface area contributed by atoms with Gasteiger partial charge in [0, 0.05) is 25.2 Å². The molecular formula is C19H24N2O3S. The van der Waals surface area contributed by atoms with E-state index in [1.54, 1.807) is 18.2 Å². The maximum Gasteiger partial charge on any atom is 0.261 e. The molecule has 0 saturated heterocycles. The number of aryl methyl sites for hydroxylation is 1. The SMILES string of the molecule is CCN(CC)c1ccc(NS(=O)(=O)c2ccc3c(c2)CCO3)c(C)c1. The second-order valence-corrected chi connectivity index (χ2v) is 7.83. The first-order valence-electron chi connectivity index (χ1n) is 8.58. The summed E-state index contributed by atoms with van der Waals surface area (Å²) in [7, 11) is -3.62. The van der Waals surface area contributed by atoms with Crippen molar-refractivity contribution in [3.63, 3.8) is 0 Å². The summed E-state index contributed by atoms with van der Waals surface area (Å²) in [6, 6.07) is 10.8. The van der Waals surface area contributed by atoms with Crippen molar-refractivity contribution in [3.05, 3.63) is 47.5 Å². The molecule has 1 aliphatic rings. The van der Waals surface area contributed by atoms with Crippen molar-refractivity contribution in [3.8, 4) is 5.75 Å². The highest BCUT2D eigenvalue weighted by atomic mass is 32.2. The van der Waals surface area contributed by atoms with E-state index in [1.165, 1.54) is 0 Å². The summed E-state index contributed by atoms with van der Waals surface area (Å²) in [6.07, 6.45) is 0.746. The fourth-order valence-corrected chi connectivity index (χ4v) is 4.26. The van der Waals surface area contributed by atoms with E-state index in [1.807, 2.05) is 25.1 Å². The van der Waals surface area contributed by atoms with E-state index >= 15 is 0 Å². The van der Waals surface area contributed by atoms with Crippen LogP contribution in [0, 0.1) is 6.92 Å². The standard InChI is InChI=1S/C19H24N2O3S/c1-4-21(5-2)16-6-8-18(14(3)12-16)20-25(22,23)17-7-9-19-15(13-17)10-11-24-19/h6-9,12-13,20H,4-5,10-11H2,1-3H3. The molecule has 1 N–H and O–H groups in total. The molecule has 2 aromatic rings. The van der Waals surface area contributed by atoms with E-state index in [0.29, 0.717) is 12.3 Å². The molecule has 0 fully saturated rings. The van der Waals surface area contributed by atoms with Gasteiger partial charge in [-0.2, -0.15) is 0 Å². The molecule has 0 radical (unpaired) electrons. The largest absolute Gasteiger partial charge is 0.493 e. The zero-order chi connectivity index (χ0) is 18.0. The lowest BCUT2D eigenvalue weighted by atomic mass is 10.1. The van der Waals surface area contributed by atoms with Crippen molar-refractivity contribution < 1.29 is 13.2 Å². The molecule has 3 rings (SSSR count). The Morgan fingerprint density at radius 3 is 2.56 bits per heavy atom. The van der Waals surface area contributed by atoms with Crippen LogP contribution in [0.1, 0.15) is 25.0 Å². The zero-order valence-electron chi connectivity index (χ0n) is 14.9. The van der Waals surface area contributed by atoms with Crippen molar-refractivity contribution >= 4 is 21.4 Å². The number of fused-ring (bicyclic) bond motifs is 1. The van der Waals surface area contributed by atoms with Gasteiger partial charge in [0.1, 0.15) is 5.75 Å². The number of nitrogens with zero attached hydrogens (tertiary/aromatic N) is 1. The number of hydrogen-bond acceptors (Lipinski definition) is 4. The second-order valence-electron chi connectivity index (χ2n) is 6.15. The van der Waals surface area contributed by atoms with Crippen LogP contribution in [0.4, 0.5) is 11.4 Å². The fraction of sp³-hybridized carbons (Fsp3) is 0.368. The molecule has 2 aromatic carbocycles. The summed E-state index contributed by atoms with van der Waals surface area (Å²) < 4.78 is 33.6. The first kappa shape index (κ1) is 17.6. The van der Waals surface area contributed by atoms with Crippen LogP contribution in [0.25, 0.3) is 0 Å². The summed E-state index contributed by atoms with van der Waals surface area (Å²) in [5, 5.41) is 0. The first-order chi connectivity index (χ1) is 11.9. The lowest BCUT2D eigenvalue weighted by molar-refractivity contribution is 0.356. The van der Waals surface area contributed by atoms with Gasteiger partial charge in [-0.05, 0) is 68.3 Å². The van der Waals surface area contributed by atoms with Crippen LogP contribution in [0.5, 0.6) is 5.75 Å². The quantitative estimate of drug-likeness (QED) is 0.855. The lowest BCUT2D eigenvalue weighted by Crippen LogP contribution is -2.22. The molecule has 0 bridgehead atoms. The number of nitrogens with one attached hydrogen (secondary N) is 1. The Balaban J connectivity index is 1.86. The van der Waals surface area contributed by atoms with E-state index in [0.717, 1.165) is 42.1 Å². The molecule has 134 valence electrons. The smallest absolute Gasteiger partial charge is 0.261 e. The highest BCUT2D eigenvalue weighted by Gasteiger charge is 2.20. The van der Waals surface area contributed by atoms with Gasteiger partial charge < -0.3 is 9.64 Å². The second kappa shape index (κ2) is 6.96. The van der Waals surface area contributed by atoms with Gasteiger partial charge in [0.05, 0.1) is 17.2 Å². The molecule has 6 heteroatoms. The monoisotopic (exact) mass is 360 g/mol. The van der Waals surface area contributed by atoms with Gasteiger partial charge in [0.2, 0.25) is 0 Å². The highest BCUT2D eigenvalue weighted by molar-refractivity contribution is 7.92. The predicted molar refractivity (Wildman–Crippen MR) is 101 cm³/mol. The Hall–Kier alpha value is -2.21. The molecule has 25 heavy (non-hydrogen) atoms. The van der Waals surface area contributed by atoms with Crippen LogP contribution in [0.2, 0.25) is 0 Å². The van der Waals surface area contributed by atoms with Gasteiger partial charge in [-0.25, -0.2) is 8.42 Å². The van der Waals surface area contributed by atoms with Crippen LogP contribution >= 0.6 is 0 Å². The molecule has 0 atom stereocenters. The summed E-state index contributed by atoms with van der Waals surface area (Å²) in [4.78, 5) is 2.50. The Kier molecular flexibility index (Phi) is 4.90. The molecule has 0 saturated carbocycles. The van der Waals surface area contributed by atoms with E-state index in [2.05, 4.69) is 23.5 Å². The highest BCUT2D eigenvalue weighted by Crippen LogP contribution is 2.29. The van der Waals surface area contributed by atoms with Crippen LogP contribution in [0.15, 0.2) is 41.3 Å². The van der Waals surface area contributed by atoms with Crippen molar-refractivity contribution in [1.82, 2.24) is 0 Å². The van der Waals surface area contributed by atoms with E-state index in [9.17, 15) is 8.42 Å². The zero-order valence-corrected chi connectivity index (χ0v) is 15.7. The van der Waals surface area contributed by atoms with Crippen molar-refractivity contribution in [2.75, 3.05) is 29.3 Å². The molecule has 1 heterocycles. The number of hydrogen-bond donors (Lipinski definition) is 1. The predicted octanol–water partition coefficient (Wildman–Crippen LogP) is 3.58. The summed E-state index contributed by atoms with van der Waals surface area (Å²) in [6.45, 7) is 8.57. The van der Waals surface area contributed by atoms with Crippen LogP contribution in [-0.4, -0.2) is 28.1 Å². The average Bonchev–Trinajstić information content (AvgIpc) is 3.06. The van der Waals surface area contributed by atoms with E-state index in [4.69, 9.17) is 4.74 Å².